The highest BCUT2D eigenvalue weighted by Crippen LogP contribution is 2.30. The molecule has 0 radical (unpaired) electrons. The van der Waals surface area contributed by atoms with Crippen molar-refractivity contribution in [3.8, 4) is 0 Å². The number of rotatable bonds is 7. The molecule has 1 aromatic heterocycles. The number of aromatic nitrogens is 1. The molecule has 3 aromatic rings. The lowest BCUT2D eigenvalue weighted by molar-refractivity contribution is -0.110. The second kappa shape index (κ2) is 9.99. The van der Waals surface area contributed by atoms with Gasteiger partial charge in [-0.05, 0) is 62.5 Å². The van der Waals surface area contributed by atoms with E-state index in [1.807, 2.05) is 0 Å². The van der Waals surface area contributed by atoms with Crippen LogP contribution < -0.4 is 20.1 Å². The van der Waals surface area contributed by atoms with E-state index in [1.165, 1.54) is 34.9 Å². The molecule has 0 saturated heterocycles. The van der Waals surface area contributed by atoms with Gasteiger partial charge < -0.3 is 10.2 Å². The van der Waals surface area contributed by atoms with Crippen LogP contribution in [0.3, 0.4) is 0 Å². The molecule has 2 heterocycles. The maximum atomic E-state index is 14.3. The Morgan fingerprint density at radius 1 is 1.03 bits per heavy atom. The molecule has 0 unspecified atom stereocenters. The zero-order valence-electron chi connectivity index (χ0n) is 18.8. The summed E-state index contributed by atoms with van der Waals surface area (Å²) in [5.74, 6) is -2.41. The van der Waals surface area contributed by atoms with Crippen LogP contribution in [0.2, 0.25) is 0 Å². The number of nitrogens with zero attached hydrogens (tertiary/aromatic N) is 2. The number of anilines is 1. The standard InChI is InChI=1S/C25H24F3N3O2S/c1-3-30(4-2)10-5-11-31-24(33)21(12-15-6-7-16(26)13-19(15)28)34-25(31)22-18-9-8-17(27)14-20(18)29-23(22)32/h6-9,12-14H,3-5,10-11H2,1-2H3,(H,29,32)/b21-12-,25-22+. The van der Waals surface area contributed by atoms with Gasteiger partial charge in [-0.15, -0.1) is 11.3 Å². The Hall–Kier alpha value is -3.17. The fourth-order valence-electron chi connectivity index (χ4n) is 4.02. The van der Waals surface area contributed by atoms with Gasteiger partial charge in [-0.1, -0.05) is 13.8 Å². The Labute approximate surface area is 198 Å². The van der Waals surface area contributed by atoms with Crippen LogP contribution in [0.4, 0.5) is 18.9 Å². The summed E-state index contributed by atoms with van der Waals surface area (Å²) in [6, 6.07) is 7.14. The molecule has 5 nitrogen and oxygen atoms in total. The number of hydrogen-bond acceptors (Lipinski definition) is 4. The van der Waals surface area contributed by atoms with Crippen molar-refractivity contribution in [1.29, 1.82) is 0 Å². The minimum absolute atomic E-state index is 0.0740. The van der Waals surface area contributed by atoms with Crippen molar-refractivity contribution in [2.75, 3.05) is 25.0 Å². The number of halogens is 3. The lowest BCUT2D eigenvalue weighted by Crippen LogP contribution is -2.34. The van der Waals surface area contributed by atoms with Gasteiger partial charge in [0.2, 0.25) is 0 Å². The maximum Gasteiger partial charge on any atom is 0.269 e. The zero-order chi connectivity index (χ0) is 24.4. The molecule has 1 aliphatic rings. The Bertz CT molecular complexity index is 1420. The molecule has 34 heavy (non-hydrogen) atoms. The van der Waals surface area contributed by atoms with Gasteiger partial charge in [-0.2, -0.15) is 0 Å². The summed E-state index contributed by atoms with van der Waals surface area (Å²) in [6.07, 6.45) is 2.03. The summed E-state index contributed by atoms with van der Waals surface area (Å²) in [4.78, 5) is 28.4. The summed E-state index contributed by atoms with van der Waals surface area (Å²) in [7, 11) is 0. The molecule has 0 atom stereocenters. The SMILES string of the molecule is CCN(CC)CCCn1c(=O)/c(=C/c2ccc(F)cc2F)s/c1=C1/C(=O)Nc2cc(F)ccc21. The summed E-state index contributed by atoms with van der Waals surface area (Å²) in [5.41, 5.74) is 0.832. The molecule has 0 fully saturated rings. The van der Waals surface area contributed by atoms with Crippen LogP contribution in [0.25, 0.3) is 11.6 Å². The largest absolute Gasteiger partial charge is 0.321 e. The van der Waals surface area contributed by atoms with Gasteiger partial charge in [0, 0.05) is 23.7 Å². The highest BCUT2D eigenvalue weighted by molar-refractivity contribution is 7.07. The van der Waals surface area contributed by atoms with Gasteiger partial charge >= 0.3 is 0 Å². The zero-order valence-corrected chi connectivity index (χ0v) is 19.6. The van der Waals surface area contributed by atoms with Crippen molar-refractivity contribution in [2.24, 2.45) is 0 Å². The first kappa shape index (κ1) is 24.0. The summed E-state index contributed by atoms with van der Waals surface area (Å²) in [6.45, 7) is 7.00. The van der Waals surface area contributed by atoms with Crippen molar-refractivity contribution < 1.29 is 18.0 Å². The number of thiazole rings is 1. The number of nitrogens with one attached hydrogen (secondary N) is 1. The Balaban J connectivity index is 1.90. The highest BCUT2D eigenvalue weighted by Gasteiger charge is 2.27. The van der Waals surface area contributed by atoms with Gasteiger partial charge in [0.05, 0.1) is 15.8 Å². The molecule has 0 saturated carbocycles. The third kappa shape index (κ3) is 4.71. The number of benzene rings is 2. The third-order valence-corrected chi connectivity index (χ3v) is 6.98. The second-order valence-electron chi connectivity index (χ2n) is 7.94. The second-order valence-corrected chi connectivity index (χ2v) is 8.97. The molecular formula is C25H24F3N3O2S. The first-order valence-corrected chi connectivity index (χ1v) is 11.9. The van der Waals surface area contributed by atoms with Gasteiger partial charge in [-0.25, -0.2) is 13.2 Å². The quantitative estimate of drug-likeness (QED) is 0.558. The van der Waals surface area contributed by atoms with Crippen LogP contribution in [0.15, 0.2) is 41.2 Å². The van der Waals surface area contributed by atoms with Crippen molar-refractivity contribution in [3.63, 3.8) is 0 Å². The average molecular weight is 488 g/mol. The minimum Gasteiger partial charge on any atom is -0.321 e. The lowest BCUT2D eigenvalue weighted by Gasteiger charge is -2.17. The van der Waals surface area contributed by atoms with Crippen LogP contribution in [0.5, 0.6) is 0 Å². The van der Waals surface area contributed by atoms with Crippen LogP contribution in [-0.4, -0.2) is 35.0 Å². The van der Waals surface area contributed by atoms with E-state index in [1.54, 1.807) is 0 Å². The minimum atomic E-state index is -0.783. The Morgan fingerprint density at radius 3 is 2.44 bits per heavy atom. The number of fused-ring (bicyclic) bond motifs is 1. The molecule has 1 amide bonds. The maximum absolute atomic E-state index is 14.3. The number of carbonyl (C=O) groups is 1. The van der Waals surface area contributed by atoms with Gasteiger partial charge in [0.25, 0.3) is 11.5 Å². The van der Waals surface area contributed by atoms with E-state index in [0.717, 1.165) is 43.1 Å². The van der Waals surface area contributed by atoms with Crippen LogP contribution in [0.1, 0.15) is 31.4 Å². The first-order valence-electron chi connectivity index (χ1n) is 11.1. The summed E-state index contributed by atoms with van der Waals surface area (Å²) >= 11 is 1.06. The van der Waals surface area contributed by atoms with E-state index in [-0.39, 0.29) is 21.2 Å². The number of hydrogen-bond donors (Lipinski definition) is 1. The predicted molar refractivity (Wildman–Crippen MR) is 128 cm³/mol. The third-order valence-electron chi connectivity index (χ3n) is 5.85. The molecule has 9 heteroatoms. The molecule has 0 bridgehead atoms. The van der Waals surface area contributed by atoms with E-state index in [2.05, 4.69) is 24.1 Å². The fourth-order valence-corrected chi connectivity index (χ4v) is 5.20. The smallest absolute Gasteiger partial charge is 0.269 e. The normalized spacial score (nSPS) is 15.2. The fraction of sp³-hybridized carbons (Fsp3) is 0.280. The van der Waals surface area contributed by atoms with E-state index in [0.29, 0.717) is 28.9 Å². The monoisotopic (exact) mass is 487 g/mol. The Morgan fingerprint density at radius 2 is 1.74 bits per heavy atom. The topological polar surface area (TPSA) is 54.3 Å². The molecular weight excluding hydrogens is 463 g/mol. The predicted octanol–water partition coefficient (Wildman–Crippen LogP) is 3.04. The van der Waals surface area contributed by atoms with Crippen molar-refractivity contribution >= 4 is 34.6 Å². The first-order chi connectivity index (χ1) is 16.3. The molecule has 2 aromatic carbocycles. The number of amides is 1. The van der Waals surface area contributed by atoms with Crippen molar-refractivity contribution in [2.45, 2.75) is 26.8 Å². The molecule has 4 rings (SSSR count). The van der Waals surface area contributed by atoms with Crippen molar-refractivity contribution in [3.05, 3.63) is 84.5 Å². The average Bonchev–Trinajstić information content (AvgIpc) is 3.28. The van der Waals surface area contributed by atoms with E-state index in [9.17, 15) is 22.8 Å². The molecule has 1 aliphatic heterocycles. The van der Waals surface area contributed by atoms with Crippen LogP contribution >= 0.6 is 11.3 Å². The number of carbonyl (C=O) groups excluding carboxylic acids is 1. The van der Waals surface area contributed by atoms with E-state index < -0.39 is 23.4 Å². The lowest BCUT2D eigenvalue weighted by atomic mass is 10.1. The summed E-state index contributed by atoms with van der Waals surface area (Å²) < 4.78 is 43.4. The summed E-state index contributed by atoms with van der Waals surface area (Å²) in [5, 5.41) is 2.66. The van der Waals surface area contributed by atoms with E-state index in [4.69, 9.17) is 0 Å². The molecule has 178 valence electrons. The molecule has 0 spiro atoms. The van der Waals surface area contributed by atoms with Crippen molar-refractivity contribution in [1.82, 2.24) is 9.47 Å². The molecule has 1 N–H and O–H groups in total. The highest BCUT2D eigenvalue weighted by atomic mass is 32.1. The van der Waals surface area contributed by atoms with Gasteiger partial charge in [0.1, 0.15) is 22.1 Å². The molecule has 0 aliphatic carbocycles. The van der Waals surface area contributed by atoms with Gasteiger partial charge in [-0.3, -0.25) is 14.2 Å². The van der Waals surface area contributed by atoms with Crippen LogP contribution in [0, 0.1) is 17.5 Å². The van der Waals surface area contributed by atoms with Gasteiger partial charge in [0.15, 0.2) is 0 Å². The Kier molecular flexibility index (Phi) is 7.04. The van der Waals surface area contributed by atoms with E-state index >= 15 is 0 Å². The van der Waals surface area contributed by atoms with Crippen LogP contribution in [-0.2, 0) is 11.3 Å².